The number of nitrogens with one attached hydrogen (secondary N) is 2. The molecule has 4 aromatic rings. The fourth-order valence-electron chi connectivity index (χ4n) is 2.83. The van der Waals surface area contributed by atoms with Crippen LogP contribution >= 0.6 is 0 Å². The molecule has 0 fully saturated rings. The first kappa shape index (κ1) is 17.5. The third kappa shape index (κ3) is 3.64. The van der Waals surface area contributed by atoms with Crippen LogP contribution in [-0.4, -0.2) is 25.9 Å². The van der Waals surface area contributed by atoms with Crippen LogP contribution in [0.5, 0.6) is 0 Å². The number of hydrogen-bond donors (Lipinski definition) is 2. The molecule has 2 aromatic heterocycles. The van der Waals surface area contributed by atoms with Crippen molar-refractivity contribution in [3.05, 3.63) is 78.4 Å². The van der Waals surface area contributed by atoms with Crippen molar-refractivity contribution in [2.24, 2.45) is 0 Å². The Hall–Kier alpha value is -3.87. The van der Waals surface area contributed by atoms with Gasteiger partial charge >= 0.3 is 0 Å². The Kier molecular flexibility index (Phi) is 4.63. The molecule has 2 aromatic carbocycles. The average Bonchev–Trinajstić information content (AvgIpc) is 3.19. The van der Waals surface area contributed by atoms with Crippen LogP contribution in [0, 0.1) is 5.82 Å². The Morgan fingerprint density at radius 1 is 1.11 bits per heavy atom. The van der Waals surface area contributed by atoms with Gasteiger partial charge in [0.15, 0.2) is 5.78 Å². The minimum absolute atomic E-state index is 0.0133. The van der Waals surface area contributed by atoms with E-state index in [4.69, 9.17) is 0 Å². The van der Waals surface area contributed by atoms with E-state index in [1.165, 1.54) is 19.1 Å². The first-order chi connectivity index (χ1) is 13.6. The van der Waals surface area contributed by atoms with Gasteiger partial charge < -0.3 is 5.32 Å². The number of carbonyl (C=O) groups is 1. The van der Waals surface area contributed by atoms with Crippen molar-refractivity contribution in [3.8, 4) is 22.5 Å². The smallest absolute Gasteiger partial charge is 0.227 e. The zero-order valence-electron chi connectivity index (χ0n) is 15.0. The van der Waals surface area contributed by atoms with Crippen molar-refractivity contribution in [2.75, 3.05) is 5.32 Å². The van der Waals surface area contributed by atoms with Crippen LogP contribution in [0.4, 0.5) is 16.0 Å². The van der Waals surface area contributed by atoms with Crippen molar-refractivity contribution in [2.45, 2.75) is 6.92 Å². The third-order valence-electron chi connectivity index (χ3n) is 4.23. The normalized spacial score (nSPS) is 10.6. The van der Waals surface area contributed by atoms with Crippen LogP contribution in [0.3, 0.4) is 0 Å². The zero-order chi connectivity index (χ0) is 19.5. The lowest BCUT2D eigenvalue weighted by Crippen LogP contribution is -1.99. The first-order valence-electron chi connectivity index (χ1n) is 8.61. The summed E-state index contributed by atoms with van der Waals surface area (Å²) in [5, 5.41) is 10.2. The highest BCUT2D eigenvalue weighted by Gasteiger charge is 2.12. The number of hydrogen-bond acceptors (Lipinski definition) is 5. The fourth-order valence-corrected chi connectivity index (χ4v) is 2.83. The molecule has 6 nitrogen and oxygen atoms in total. The summed E-state index contributed by atoms with van der Waals surface area (Å²) in [5.74, 6) is 0.0799. The van der Waals surface area contributed by atoms with Gasteiger partial charge in [0.2, 0.25) is 5.95 Å². The van der Waals surface area contributed by atoms with Crippen molar-refractivity contribution in [1.82, 2.24) is 20.2 Å². The summed E-state index contributed by atoms with van der Waals surface area (Å²) < 4.78 is 13.2. The summed E-state index contributed by atoms with van der Waals surface area (Å²) in [7, 11) is 0. The Morgan fingerprint density at radius 3 is 2.71 bits per heavy atom. The quantitative estimate of drug-likeness (QED) is 0.499. The molecule has 0 spiro atoms. The van der Waals surface area contributed by atoms with Gasteiger partial charge in [-0.05, 0) is 49.4 Å². The van der Waals surface area contributed by atoms with Gasteiger partial charge in [-0.25, -0.2) is 14.4 Å². The first-order valence-corrected chi connectivity index (χ1v) is 8.61. The SMILES string of the molecule is CC(=O)c1cccc(Nc2nccc(-c3cn[nH]c3-c3ccc(F)cc3)n2)c1. The van der Waals surface area contributed by atoms with E-state index in [2.05, 4.69) is 25.5 Å². The summed E-state index contributed by atoms with van der Waals surface area (Å²) >= 11 is 0. The van der Waals surface area contributed by atoms with Gasteiger partial charge in [-0.2, -0.15) is 5.10 Å². The number of ketones is 1. The maximum Gasteiger partial charge on any atom is 0.227 e. The number of Topliss-reactive ketones (excluding diaryl/α,β-unsaturated/α-hetero) is 1. The molecule has 0 saturated heterocycles. The number of aromatic nitrogens is 4. The summed E-state index contributed by atoms with van der Waals surface area (Å²) in [6.07, 6.45) is 3.31. The summed E-state index contributed by atoms with van der Waals surface area (Å²) in [4.78, 5) is 20.4. The van der Waals surface area contributed by atoms with Crippen LogP contribution in [0.25, 0.3) is 22.5 Å². The molecule has 138 valence electrons. The average molecular weight is 373 g/mol. The Morgan fingerprint density at radius 2 is 1.93 bits per heavy atom. The number of carbonyl (C=O) groups excluding carboxylic acids is 1. The van der Waals surface area contributed by atoms with Gasteiger partial charge in [-0.3, -0.25) is 9.89 Å². The molecule has 7 heteroatoms. The van der Waals surface area contributed by atoms with Crippen molar-refractivity contribution < 1.29 is 9.18 Å². The minimum atomic E-state index is -0.300. The lowest BCUT2D eigenvalue weighted by atomic mass is 10.1. The van der Waals surface area contributed by atoms with Gasteiger partial charge in [0, 0.05) is 28.6 Å². The lowest BCUT2D eigenvalue weighted by molar-refractivity contribution is 0.101. The number of rotatable bonds is 5. The molecular weight excluding hydrogens is 357 g/mol. The minimum Gasteiger partial charge on any atom is -0.324 e. The predicted octanol–water partition coefficient (Wildman–Crippen LogP) is 4.62. The Labute approximate surface area is 160 Å². The summed E-state index contributed by atoms with van der Waals surface area (Å²) in [5.41, 5.74) is 4.30. The van der Waals surface area contributed by atoms with E-state index in [0.717, 1.165) is 22.5 Å². The number of halogens is 1. The molecule has 2 N–H and O–H groups in total. The molecule has 0 aliphatic heterocycles. The standard InChI is InChI=1S/C21H16FN5O/c1-13(28)15-3-2-4-17(11-15)25-21-23-10-9-19(26-21)18-12-24-27-20(18)14-5-7-16(22)8-6-14/h2-12H,1H3,(H,24,27)(H,23,25,26). The maximum absolute atomic E-state index is 13.2. The molecule has 4 rings (SSSR count). The number of aromatic amines is 1. The van der Waals surface area contributed by atoms with Crippen molar-refractivity contribution >= 4 is 17.4 Å². The largest absolute Gasteiger partial charge is 0.324 e. The van der Waals surface area contributed by atoms with E-state index in [1.54, 1.807) is 48.8 Å². The van der Waals surface area contributed by atoms with E-state index >= 15 is 0 Å². The van der Waals surface area contributed by atoms with E-state index in [-0.39, 0.29) is 11.6 Å². The second-order valence-corrected chi connectivity index (χ2v) is 6.19. The fraction of sp³-hybridized carbons (Fsp3) is 0.0476. The molecule has 0 amide bonds. The van der Waals surface area contributed by atoms with E-state index in [1.807, 2.05) is 6.07 Å². The van der Waals surface area contributed by atoms with Gasteiger partial charge in [0.25, 0.3) is 0 Å². The predicted molar refractivity (Wildman–Crippen MR) is 105 cm³/mol. The number of benzene rings is 2. The summed E-state index contributed by atoms with van der Waals surface area (Å²) in [6, 6.07) is 15.1. The van der Waals surface area contributed by atoms with Crippen LogP contribution in [0.15, 0.2) is 67.0 Å². The second kappa shape index (κ2) is 7.40. The monoisotopic (exact) mass is 373 g/mol. The maximum atomic E-state index is 13.2. The van der Waals surface area contributed by atoms with Gasteiger partial charge in [-0.15, -0.1) is 0 Å². The van der Waals surface area contributed by atoms with Crippen LogP contribution in [0.1, 0.15) is 17.3 Å². The third-order valence-corrected chi connectivity index (χ3v) is 4.23. The zero-order valence-corrected chi connectivity index (χ0v) is 15.0. The molecular formula is C21H16FN5O. The van der Waals surface area contributed by atoms with Gasteiger partial charge in [-0.1, -0.05) is 12.1 Å². The topological polar surface area (TPSA) is 83.6 Å². The molecule has 0 saturated carbocycles. The van der Waals surface area contributed by atoms with Gasteiger partial charge in [0.05, 0.1) is 17.6 Å². The number of H-pyrrole nitrogens is 1. The number of anilines is 2. The molecule has 28 heavy (non-hydrogen) atoms. The molecule has 0 atom stereocenters. The molecule has 0 radical (unpaired) electrons. The van der Waals surface area contributed by atoms with E-state index in [9.17, 15) is 9.18 Å². The summed E-state index contributed by atoms with van der Waals surface area (Å²) in [6.45, 7) is 1.52. The highest BCUT2D eigenvalue weighted by molar-refractivity contribution is 5.95. The van der Waals surface area contributed by atoms with Gasteiger partial charge in [0.1, 0.15) is 5.82 Å². The van der Waals surface area contributed by atoms with Crippen molar-refractivity contribution in [1.29, 1.82) is 0 Å². The van der Waals surface area contributed by atoms with Crippen LogP contribution in [-0.2, 0) is 0 Å². The lowest BCUT2D eigenvalue weighted by Gasteiger charge is -2.08. The van der Waals surface area contributed by atoms with Crippen molar-refractivity contribution in [3.63, 3.8) is 0 Å². The molecule has 0 unspecified atom stereocenters. The highest BCUT2D eigenvalue weighted by atomic mass is 19.1. The number of nitrogens with zero attached hydrogens (tertiary/aromatic N) is 3. The van der Waals surface area contributed by atoms with Crippen LogP contribution < -0.4 is 5.32 Å². The molecule has 0 aliphatic rings. The highest BCUT2D eigenvalue weighted by Crippen LogP contribution is 2.29. The molecule has 0 aliphatic carbocycles. The Bertz CT molecular complexity index is 1140. The van der Waals surface area contributed by atoms with Crippen LogP contribution in [0.2, 0.25) is 0 Å². The van der Waals surface area contributed by atoms with E-state index < -0.39 is 0 Å². The second-order valence-electron chi connectivity index (χ2n) is 6.19. The molecule has 2 heterocycles. The van der Waals surface area contributed by atoms with E-state index in [0.29, 0.717) is 17.2 Å². The Balaban J connectivity index is 1.65. The molecule has 0 bridgehead atoms.